The number of nitrogens with zero attached hydrogens (tertiary/aromatic N) is 1. The number of nitrogens with one attached hydrogen (secondary N) is 1. The normalized spacial score (nSPS) is 12.6. The van der Waals surface area contributed by atoms with Gasteiger partial charge in [-0.25, -0.2) is 0 Å². The summed E-state index contributed by atoms with van der Waals surface area (Å²) >= 11 is 0. The van der Waals surface area contributed by atoms with Crippen LogP contribution >= 0.6 is 0 Å². The molecule has 0 saturated carbocycles. The Labute approximate surface area is 119 Å². The zero-order valence-electron chi connectivity index (χ0n) is 11.9. The van der Waals surface area contributed by atoms with Gasteiger partial charge < -0.3 is 5.43 Å². The Morgan fingerprint density at radius 1 is 0.900 bits per heavy atom. The van der Waals surface area contributed by atoms with Crippen molar-refractivity contribution in [2.75, 3.05) is 0 Å². The molecule has 0 aromatic heterocycles. The Bertz CT molecular complexity index is 649. The summed E-state index contributed by atoms with van der Waals surface area (Å²) in [6.45, 7) is 7.94. The molecule has 0 unspecified atom stereocenters. The molecule has 1 aliphatic carbocycles. The minimum Gasteiger partial charge on any atom is -0.300 e. The highest BCUT2D eigenvalue weighted by atomic mass is 15.3. The lowest BCUT2D eigenvalue weighted by atomic mass is 10.1. The van der Waals surface area contributed by atoms with Crippen LogP contribution < -0.4 is 5.43 Å². The van der Waals surface area contributed by atoms with Crippen molar-refractivity contribution >= 4 is 5.71 Å². The Balaban J connectivity index is 2.12. The second kappa shape index (κ2) is 4.64. The Hall–Kier alpha value is -2.35. The van der Waals surface area contributed by atoms with Gasteiger partial charge in [-0.05, 0) is 25.0 Å². The maximum atomic E-state index is 4.64. The van der Waals surface area contributed by atoms with Crippen LogP contribution in [0, 0.1) is 0 Å². The molecule has 0 amide bonds. The first-order chi connectivity index (χ1) is 9.62. The van der Waals surface area contributed by atoms with Gasteiger partial charge in [-0.3, -0.25) is 0 Å². The van der Waals surface area contributed by atoms with E-state index in [1.165, 1.54) is 22.3 Å². The van der Waals surface area contributed by atoms with Gasteiger partial charge in [-0.1, -0.05) is 54.6 Å². The molecule has 0 bridgehead atoms. The van der Waals surface area contributed by atoms with Crippen LogP contribution in [0.3, 0.4) is 0 Å². The molecule has 2 aromatic rings. The van der Waals surface area contributed by atoms with Crippen molar-refractivity contribution in [3.05, 3.63) is 72.3 Å². The van der Waals surface area contributed by atoms with E-state index in [1.807, 2.05) is 6.08 Å². The largest absolute Gasteiger partial charge is 0.300 e. The third kappa shape index (κ3) is 2.03. The van der Waals surface area contributed by atoms with Crippen molar-refractivity contribution in [3.63, 3.8) is 0 Å². The van der Waals surface area contributed by atoms with Crippen molar-refractivity contribution in [1.29, 1.82) is 0 Å². The lowest BCUT2D eigenvalue weighted by Crippen LogP contribution is -2.33. The summed E-state index contributed by atoms with van der Waals surface area (Å²) in [6, 6.07) is 16.8. The van der Waals surface area contributed by atoms with E-state index in [-0.39, 0.29) is 5.54 Å². The monoisotopic (exact) mass is 262 g/mol. The molecule has 20 heavy (non-hydrogen) atoms. The summed E-state index contributed by atoms with van der Waals surface area (Å²) in [4.78, 5) is 0. The number of hydrogen-bond acceptors (Lipinski definition) is 2. The van der Waals surface area contributed by atoms with E-state index in [9.17, 15) is 0 Å². The van der Waals surface area contributed by atoms with Crippen molar-refractivity contribution in [2.45, 2.75) is 19.4 Å². The van der Waals surface area contributed by atoms with Gasteiger partial charge in [-0.15, -0.1) is 6.58 Å². The average molecular weight is 262 g/mol. The highest BCUT2D eigenvalue weighted by Crippen LogP contribution is 2.36. The fourth-order valence-electron chi connectivity index (χ4n) is 2.36. The number of rotatable bonds is 3. The highest BCUT2D eigenvalue weighted by molar-refractivity contribution is 6.24. The van der Waals surface area contributed by atoms with Crippen LogP contribution in [-0.4, -0.2) is 11.3 Å². The summed E-state index contributed by atoms with van der Waals surface area (Å²) in [5.74, 6) is 0. The van der Waals surface area contributed by atoms with E-state index in [2.05, 4.69) is 79.5 Å². The van der Waals surface area contributed by atoms with E-state index < -0.39 is 0 Å². The smallest absolute Gasteiger partial charge is 0.0986 e. The van der Waals surface area contributed by atoms with Crippen LogP contribution in [0.2, 0.25) is 0 Å². The molecular weight excluding hydrogens is 244 g/mol. The summed E-state index contributed by atoms with van der Waals surface area (Å²) in [6.07, 6.45) is 1.86. The van der Waals surface area contributed by atoms with Crippen LogP contribution in [0.5, 0.6) is 0 Å². The van der Waals surface area contributed by atoms with E-state index in [0.717, 1.165) is 5.71 Å². The standard InChI is InChI=1S/C18H18N2/c1-4-18(2,3)20-19-17-15-11-7-5-9-13(15)14-10-6-8-12-16(14)17/h4-12,20H,1H2,2-3H3. The molecule has 0 aliphatic heterocycles. The van der Waals surface area contributed by atoms with E-state index in [0.29, 0.717) is 0 Å². The van der Waals surface area contributed by atoms with E-state index in [4.69, 9.17) is 0 Å². The Morgan fingerprint density at radius 3 is 1.80 bits per heavy atom. The second-order valence-corrected chi connectivity index (χ2v) is 5.59. The minimum absolute atomic E-state index is 0.223. The van der Waals surface area contributed by atoms with Gasteiger partial charge >= 0.3 is 0 Å². The fraction of sp³-hybridized carbons (Fsp3) is 0.167. The number of hydrazone groups is 1. The van der Waals surface area contributed by atoms with Crippen molar-refractivity contribution in [3.8, 4) is 11.1 Å². The van der Waals surface area contributed by atoms with E-state index in [1.54, 1.807) is 0 Å². The van der Waals surface area contributed by atoms with Gasteiger partial charge in [0.05, 0.1) is 11.3 Å². The Kier molecular flexibility index (Phi) is 2.94. The van der Waals surface area contributed by atoms with Gasteiger partial charge in [0.1, 0.15) is 0 Å². The fourth-order valence-corrected chi connectivity index (χ4v) is 2.36. The van der Waals surface area contributed by atoms with Gasteiger partial charge in [0.25, 0.3) is 0 Å². The molecular formula is C18H18N2. The predicted octanol–water partition coefficient (Wildman–Crippen LogP) is 3.97. The number of fused-ring (bicyclic) bond motifs is 3. The van der Waals surface area contributed by atoms with Gasteiger partial charge in [0, 0.05) is 11.1 Å². The molecule has 100 valence electrons. The van der Waals surface area contributed by atoms with E-state index >= 15 is 0 Å². The first kappa shape index (κ1) is 12.7. The van der Waals surface area contributed by atoms with Crippen LogP contribution in [0.15, 0.2) is 66.3 Å². The quantitative estimate of drug-likeness (QED) is 0.560. The molecule has 0 radical (unpaired) electrons. The third-order valence-electron chi connectivity index (χ3n) is 3.62. The van der Waals surface area contributed by atoms with Crippen LogP contribution in [-0.2, 0) is 0 Å². The zero-order valence-corrected chi connectivity index (χ0v) is 11.9. The van der Waals surface area contributed by atoms with Crippen LogP contribution in [0.4, 0.5) is 0 Å². The van der Waals surface area contributed by atoms with Gasteiger partial charge in [-0.2, -0.15) is 5.10 Å². The van der Waals surface area contributed by atoms with Crippen LogP contribution in [0.1, 0.15) is 25.0 Å². The highest BCUT2D eigenvalue weighted by Gasteiger charge is 2.24. The minimum atomic E-state index is -0.223. The molecule has 3 rings (SSSR count). The molecule has 0 saturated heterocycles. The third-order valence-corrected chi connectivity index (χ3v) is 3.62. The van der Waals surface area contributed by atoms with Crippen LogP contribution in [0.25, 0.3) is 11.1 Å². The molecule has 2 aromatic carbocycles. The Morgan fingerprint density at radius 2 is 1.35 bits per heavy atom. The first-order valence-corrected chi connectivity index (χ1v) is 6.80. The average Bonchev–Trinajstić information content (AvgIpc) is 2.80. The molecule has 1 aliphatic rings. The van der Waals surface area contributed by atoms with Crippen molar-refractivity contribution in [1.82, 2.24) is 5.43 Å². The maximum Gasteiger partial charge on any atom is 0.0986 e. The predicted molar refractivity (Wildman–Crippen MR) is 84.9 cm³/mol. The second-order valence-electron chi connectivity index (χ2n) is 5.59. The lowest BCUT2D eigenvalue weighted by molar-refractivity contribution is 0.496. The lowest BCUT2D eigenvalue weighted by Gasteiger charge is -2.19. The first-order valence-electron chi connectivity index (χ1n) is 6.80. The van der Waals surface area contributed by atoms with Gasteiger partial charge in [0.15, 0.2) is 0 Å². The van der Waals surface area contributed by atoms with Crippen molar-refractivity contribution in [2.24, 2.45) is 5.10 Å². The molecule has 0 heterocycles. The molecule has 2 nitrogen and oxygen atoms in total. The molecule has 0 atom stereocenters. The number of benzene rings is 2. The molecule has 2 heteroatoms. The number of hydrogen-bond donors (Lipinski definition) is 1. The topological polar surface area (TPSA) is 24.4 Å². The molecule has 0 spiro atoms. The summed E-state index contributed by atoms with van der Waals surface area (Å²) < 4.78 is 0. The SMILES string of the molecule is C=CC(C)(C)NN=C1c2ccccc2-c2ccccc21. The summed E-state index contributed by atoms with van der Waals surface area (Å²) in [7, 11) is 0. The maximum absolute atomic E-state index is 4.64. The summed E-state index contributed by atoms with van der Waals surface area (Å²) in [5, 5.41) is 4.64. The molecule has 1 N–H and O–H groups in total. The summed E-state index contributed by atoms with van der Waals surface area (Å²) in [5.41, 5.74) is 8.85. The van der Waals surface area contributed by atoms with Crippen molar-refractivity contribution < 1.29 is 0 Å². The molecule has 0 fully saturated rings. The zero-order chi connectivity index (χ0) is 14.2. The van der Waals surface area contributed by atoms with Gasteiger partial charge in [0.2, 0.25) is 0 Å².